The molecule has 1 amide bonds. The van der Waals surface area contributed by atoms with Crippen molar-refractivity contribution in [2.24, 2.45) is 0 Å². The maximum atomic E-state index is 11.6. The van der Waals surface area contributed by atoms with E-state index in [1.54, 1.807) is 20.8 Å². The first-order valence-electron chi connectivity index (χ1n) is 7.08. The van der Waals surface area contributed by atoms with E-state index < -0.39 is 31.8 Å². The van der Waals surface area contributed by atoms with Gasteiger partial charge < -0.3 is 15.2 Å². The maximum Gasteiger partial charge on any atom is 0.408 e. The van der Waals surface area contributed by atoms with E-state index in [1.807, 2.05) is 19.6 Å². The van der Waals surface area contributed by atoms with E-state index >= 15 is 0 Å². The molecule has 0 aromatic heterocycles. The molecule has 0 aliphatic rings. The highest BCUT2D eigenvalue weighted by Gasteiger charge is 2.24. The fraction of sp³-hybridized carbons (Fsp3) is 0.667. The Hall–Kier alpha value is -1.81. The smallest absolute Gasteiger partial charge is 0.408 e. The van der Waals surface area contributed by atoms with Crippen LogP contribution in [0.2, 0.25) is 19.6 Å². The zero-order chi connectivity index (χ0) is 17.6. The minimum Gasteiger partial charge on any atom is -0.480 e. The number of hydrogen-bond acceptors (Lipinski definition) is 4. The van der Waals surface area contributed by atoms with Crippen molar-refractivity contribution in [1.29, 1.82) is 0 Å². The van der Waals surface area contributed by atoms with E-state index in [1.165, 1.54) is 0 Å². The van der Waals surface area contributed by atoms with Crippen LogP contribution >= 0.6 is 0 Å². The number of amides is 1. The van der Waals surface area contributed by atoms with Crippen LogP contribution in [0, 0.1) is 11.5 Å². The molecular formula is C15H25NO5Si. The van der Waals surface area contributed by atoms with Gasteiger partial charge in [0.1, 0.15) is 19.7 Å². The number of hydrogen-bond donors (Lipinski definition) is 2. The Morgan fingerprint density at radius 1 is 1.23 bits per heavy atom. The molecule has 0 aliphatic carbocycles. The summed E-state index contributed by atoms with van der Waals surface area (Å²) in [5, 5.41) is 11.3. The third-order valence-corrected chi connectivity index (χ3v) is 3.10. The number of nitrogens with one attached hydrogen (secondary N) is 1. The molecule has 0 saturated carbocycles. The quantitative estimate of drug-likeness (QED) is 0.596. The average molecular weight is 327 g/mol. The Labute approximate surface area is 132 Å². The van der Waals surface area contributed by atoms with Gasteiger partial charge in [-0.05, 0) is 33.1 Å². The van der Waals surface area contributed by atoms with Gasteiger partial charge in [-0.1, -0.05) is 19.6 Å². The Bertz CT molecular complexity index is 491. The number of ether oxygens (including phenoxy) is 1. The van der Waals surface area contributed by atoms with Gasteiger partial charge in [0.25, 0.3) is 0 Å². The van der Waals surface area contributed by atoms with Crippen LogP contribution in [0.3, 0.4) is 0 Å². The number of carboxylic acid groups (broad SMARTS) is 1. The lowest BCUT2D eigenvalue weighted by molar-refractivity contribution is -0.139. The van der Waals surface area contributed by atoms with Gasteiger partial charge in [0.05, 0.1) is 0 Å². The Kier molecular flexibility index (Phi) is 7.33. The molecule has 0 bridgehead atoms. The lowest BCUT2D eigenvalue weighted by atomic mass is 10.1. The summed E-state index contributed by atoms with van der Waals surface area (Å²) in [5.41, 5.74) is 2.21. The molecule has 2 N–H and O–H groups in total. The molecule has 0 heterocycles. The average Bonchev–Trinajstić information content (AvgIpc) is 2.28. The zero-order valence-electron chi connectivity index (χ0n) is 14.1. The van der Waals surface area contributed by atoms with Gasteiger partial charge in [0.15, 0.2) is 0 Å². The number of rotatable bonds is 5. The molecule has 0 radical (unpaired) electrons. The second-order valence-corrected chi connectivity index (χ2v) is 11.7. The van der Waals surface area contributed by atoms with Gasteiger partial charge in [-0.3, -0.25) is 4.79 Å². The predicted molar refractivity (Wildman–Crippen MR) is 86.2 cm³/mol. The Balaban J connectivity index is 4.55. The van der Waals surface area contributed by atoms with E-state index in [2.05, 4.69) is 16.8 Å². The van der Waals surface area contributed by atoms with Crippen LogP contribution in [0.15, 0.2) is 0 Å². The lowest BCUT2D eigenvalue weighted by Crippen LogP contribution is -2.43. The van der Waals surface area contributed by atoms with Crippen LogP contribution in [0.25, 0.3) is 0 Å². The van der Waals surface area contributed by atoms with Gasteiger partial charge in [0.2, 0.25) is 5.78 Å². The zero-order valence-corrected chi connectivity index (χ0v) is 15.1. The molecule has 124 valence electrons. The summed E-state index contributed by atoms with van der Waals surface area (Å²) in [6.07, 6.45) is -0.863. The molecule has 6 nitrogen and oxygen atoms in total. The van der Waals surface area contributed by atoms with Gasteiger partial charge in [-0.15, -0.1) is 5.54 Å². The molecule has 0 rings (SSSR count). The van der Waals surface area contributed by atoms with E-state index in [9.17, 15) is 14.4 Å². The van der Waals surface area contributed by atoms with Gasteiger partial charge >= 0.3 is 12.1 Å². The highest BCUT2D eigenvalue weighted by molar-refractivity contribution is 6.84. The lowest BCUT2D eigenvalue weighted by Gasteiger charge is -2.21. The highest BCUT2D eigenvalue weighted by Crippen LogP contribution is 2.08. The minimum atomic E-state index is -1.64. The van der Waals surface area contributed by atoms with Crippen molar-refractivity contribution in [3.05, 3.63) is 0 Å². The number of Topliss-reactive ketones (excluding diaryl/α,β-unsaturated/α-hetero) is 1. The molecule has 7 heteroatoms. The number of aliphatic carboxylic acids is 1. The van der Waals surface area contributed by atoms with Crippen molar-refractivity contribution in [3.63, 3.8) is 0 Å². The first kappa shape index (κ1) is 20.2. The predicted octanol–water partition coefficient (Wildman–Crippen LogP) is 2.19. The molecule has 0 unspecified atom stereocenters. The van der Waals surface area contributed by atoms with Gasteiger partial charge in [0, 0.05) is 6.42 Å². The summed E-state index contributed by atoms with van der Waals surface area (Å²) < 4.78 is 5.00. The van der Waals surface area contributed by atoms with E-state index in [-0.39, 0.29) is 18.6 Å². The summed E-state index contributed by atoms with van der Waals surface area (Å²) in [6, 6.07) is -1.17. The second kappa shape index (κ2) is 7.99. The van der Waals surface area contributed by atoms with Crippen molar-refractivity contribution in [3.8, 4) is 11.5 Å². The Morgan fingerprint density at radius 2 is 1.77 bits per heavy atom. The molecule has 22 heavy (non-hydrogen) atoms. The first-order valence-corrected chi connectivity index (χ1v) is 10.6. The SMILES string of the molecule is CC(C)(C)OC(=O)N[C@@H](CCC(=O)C#C[Si](C)(C)C)C(=O)O. The molecule has 0 saturated heterocycles. The van der Waals surface area contributed by atoms with E-state index in [0.717, 1.165) is 0 Å². The van der Waals surface area contributed by atoms with Gasteiger partial charge in [-0.25, -0.2) is 9.59 Å². The number of carboxylic acids is 1. The summed E-state index contributed by atoms with van der Waals surface area (Å²) in [7, 11) is -1.64. The normalized spacial score (nSPS) is 12.6. The topological polar surface area (TPSA) is 92.7 Å². The van der Waals surface area contributed by atoms with Gasteiger partial charge in [-0.2, -0.15) is 0 Å². The fourth-order valence-electron chi connectivity index (χ4n) is 1.30. The third-order valence-electron chi connectivity index (χ3n) is 2.23. The second-order valence-electron chi connectivity index (χ2n) is 7.00. The molecule has 1 atom stereocenters. The van der Waals surface area contributed by atoms with E-state index in [0.29, 0.717) is 0 Å². The van der Waals surface area contributed by atoms with Crippen LogP contribution in [-0.2, 0) is 14.3 Å². The monoisotopic (exact) mass is 327 g/mol. The van der Waals surface area contributed by atoms with E-state index in [4.69, 9.17) is 9.84 Å². The first-order chi connectivity index (χ1) is 9.80. The standard InChI is InChI=1S/C15H25NO5Si/c1-15(2,3)21-14(20)16-12(13(18)19)8-7-11(17)9-10-22(4,5)6/h12H,7-8H2,1-6H3,(H,16,20)(H,18,19)/t12-/m0/s1. The van der Waals surface area contributed by atoms with Crippen LogP contribution in [0.5, 0.6) is 0 Å². The van der Waals surface area contributed by atoms with Crippen LogP contribution in [0.4, 0.5) is 4.79 Å². The van der Waals surface area contributed by atoms with Crippen molar-refractivity contribution in [2.45, 2.75) is 64.9 Å². The molecule has 0 aliphatic heterocycles. The molecule has 0 aromatic rings. The summed E-state index contributed by atoms with van der Waals surface area (Å²) in [6.45, 7) is 11.1. The van der Waals surface area contributed by atoms with Crippen molar-refractivity contribution >= 4 is 25.9 Å². The summed E-state index contributed by atoms with van der Waals surface area (Å²) in [5.74, 6) is 1.01. The van der Waals surface area contributed by atoms with Crippen molar-refractivity contribution in [1.82, 2.24) is 5.32 Å². The summed E-state index contributed by atoms with van der Waals surface area (Å²) >= 11 is 0. The molecule has 0 spiro atoms. The fourth-order valence-corrected chi connectivity index (χ4v) is 1.82. The highest BCUT2D eigenvalue weighted by atomic mass is 28.3. The summed E-state index contributed by atoms with van der Waals surface area (Å²) in [4.78, 5) is 34.3. The van der Waals surface area contributed by atoms with Crippen molar-refractivity contribution in [2.75, 3.05) is 0 Å². The Morgan fingerprint density at radius 3 is 2.18 bits per heavy atom. The van der Waals surface area contributed by atoms with Crippen LogP contribution < -0.4 is 5.32 Å². The number of ketones is 1. The van der Waals surface area contributed by atoms with Crippen LogP contribution in [-0.4, -0.2) is 42.7 Å². The molecule has 0 aromatic carbocycles. The molecular weight excluding hydrogens is 302 g/mol. The third kappa shape index (κ3) is 10.9. The van der Waals surface area contributed by atoms with Crippen molar-refractivity contribution < 1.29 is 24.2 Å². The number of alkyl carbamates (subject to hydrolysis) is 1. The largest absolute Gasteiger partial charge is 0.480 e. The molecule has 0 fully saturated rings. The van der Waals surface area contributed by atoms with Crippen LogP contribution in [0.1, 0.15) is 33.6 Å². The minimum absolute atomic E-state index is 0.0201. The number of carbonyl (C=O) groups is 3. The maximum absolute atomic E-state index is 11.6. The number of carbonyl (C=O) groups excluding carboxylic acids is 2.